The molecular weight excluding hydrogens is 311 g/mol. The molecule has 1 aliphatic carbocycles. The highest BCUT2D eigenvalue weighted by Gasteiger charge is 2.27. The van der Waals surface area contributed by atoms with Crippen molar-refractivity contribution in [2.75, 3.05) is 4.72 Å². The predicted molar refractivity (Wildman–Crippen MR) is 80.8 cm³/mol. The molecule has 0 atom stereocenters. The number of benzene rings is 1. The van der Waals surface area contributed by atoms with Crippen LogP contribution in [0.5, 0.6) is 0 Å². The molecule has 112 valence electrons. The van der Waals surface area contributed by atoms with Gasteiger partial charge in [0.05, 0.1) is 10.6 Å². The first-order chi connectivity index (χ1) is 9.87. The van der Waals surface area contributed by atoms with Gasteiger partial charge in [0.2, 0.25) is 0 Å². The van der Waals surface area contributed by atoms with Gasteiger partial charge in [-0.2, -0.15) is 0 Å². The van der Waals surface area contributed by atoms with Gasteiger partial charge in [0, 0.05) is 11.3 Å². The Morgan fingerprint density at radius 1 is 1.29 bits per heavy atom. The largest absolute Gasteiger partial charge is 0.264 e. The van der Waals surface area contributed by atoms with Gasteiger partial charge in [-0.1, -0.05) is 0 Å². The van der Waals surface area contributed by atoms with E-state index >= 15 is 0 Å². The van der Waals surface area contributed by atoms with Crippen LogP contribution in [0.1, 0.15) is 35.6 Å². The van der Waals surface area contributed by atoms with Crippen molar-refractivity contribution in [1.82, 2.24) is 4.98 Å². The Balaban J connectivity index is 1.92. The van der Waals surface area contributed by atoms with Crippen molar-refractivity contribution in [3.63, 3.8) is 0 Å². The molecule has 1 saturated carbocycles. The number of sulfonamides is 1. The molecule has 0 spiro atoms. The summed E-state index contributed by atoms with van der Waals surface area (Å²) in [5.74, 6) is 0.0445. The number of thiazole rings is 1. The van der Waals surface area contributed by atoms with Gasteiger partial charge in [-0.25, -0.2) is 17.8 Å². The van der Waals surface area contributed by atoms with Gasteiger partial charge in [-0.15, -0.1) is 11.3 Å². The fourth-order valence-corrected chi connectivity index (χ4v) is 4.89. The Hall–Kier alpha value is -1.47. The fourth-order valence-electron chi connectivity index (χ4n) is 2.39. The van der Waals surface area contributed by atoms with Crippen molar-refractivity contribution in [3.05, 3.63) is 40.2 Å². The number of aryl methyl sites for hydroxylation is 2. The molecule has 2 aromatic rings. The van der Waals surface area contributed by atoms with Crippen LogP contribution in [0, 0.1) is 19.7 Å². The third-order valence-electron chi connectivity index (χ3n) is 3.43. The number of hydrogen-bond acceptors (Lipinski definition) is 4. The lowest BCUT2D eigenvalue weighted by Gasteiger charge is -2.11. The van der Waals surface area contributed by atoms with Gasteiger partial charge in [-0.05, 0) is 49.9 Å². The van der Waals surface area contributed by atoms with Crippen molar-refractivity contribution in [3.8, 4) is 0 Å². The van der Waals surface area contributed by atoms with Crippen LogP contribution in [0.4, 0.5) is 9.52 Å². The molecule has 0 bridgehead atoms. The first-order valence-corrected chi connectivity index (χ1v) is 8.98. The van der Waals surface area contributed by atoms with Gasteiger partial charge >= 0.3 is 0 Å². The van der Waals surface area contributed by atoms with E-state index in [0.717, 1.165) is 18.5 Å². The van der Waals surface area contributed by atoms with Gasteiger partial charge in [0.25, 0.3) is 10.0 Å². The molecule has 7 heteroatoms. The van der Waals surface area contributed by atoms with Crippen LogP contribution in [-0.2, 0) is 10.0 Å². The van der Waals surface area contributed by atoms with Crippen LogP contribution in [-0.4, -0.2) is 13.4 Å². The van der Waals surface area contributed by atoms with Crippen LogP contribution < -0.4 is 4.72 Å². The van der Waals surface area contributed by atoms with E-state index in [9.17, 15) is 12.8 Å². The highest BCUT2D eigenvalue weighted by molar-refractivity contribution is 7.93. The lowest BCUT2D eigenvalue weighted by Crippen LogP contribution is -2.16. The van der Waals surface area contributed by atoms with E-state index in [1.54, 1.807) is 13.8 Å². The molecular formula is C14H15FN2O2S2. The summed E-state index contributed by atoms with van der Waals surface area (Å²) in [5.41, 5.74) is 1.73. The molecule has 0 amide bonds. The highest BCUT2D eigenvalue weighted by atomic mass is 32.2. The third kappa shape index (κ3) is 2.94. The average Bonchev–Trinajstić information content (AvgIpc) is 3.09. The molecule has 0 radical (unpaired) electrons. The zero-order valence-electron chi connectivity index (χ0n) is 11.7. The van der Waals surface area contributed by atoms with Crippen molar-refractivity contribution in [2.24, 2.45) is 0 Å². The summed E-state index contributed by atoms with van der Waals surface area (Å²) in [5, 5.41) is 2.25. The summed E-state index contributed by atoms with van der Waals surface area (Å²) >= 11 is 1.28. The summed E-state index contributed by atoms with van der Waals surface area (Å²) in [6.07, 6.45) is 2.23. The Labute approximate surface area is 127 Å². The van der Waals surface area contributed by atoms with Gasteiger partial charge in [0.1, 0.15) is 5.82 Å². The smallest absolute Gasteiger partial charge is 0.255 e. The van der Waals surface area contributed by atoms with E-state index in [-0.39, 0.29) is 4.90 Å². The van der Waals surface area contributed by atoms with Crippen molar-refractivity contribution in [2.45, 2.75) is 37.5 Å². The molecule has 1 fully saturated rings. The summed E-state index contributed by atoms with van der Waals surface area (Å²) < 4.78 is 40.8. The van der Waals surface area contributed by atoms with Gasteiger partial charge in [0.15, 0.2) is 5.13 Å². The monoisotopic (exact) mass is 326 g/mol. The number of anilines is 1. The van der Waals surface area contributed by atoms with Crippen LogP contribution >= 0.6 is 11.3 Å². The second-order valence-electron chi connectivity index (χ2n) is 5.33. The van der Waals surface area contributed by atoms with Crippen molar-refractivity contribution < 1.29 is 12.8 Å². The van der Waals surface area contributed by atoms with Crippen LogP contribution in [0.2, 0.25) is 0 Å². The molecule has 0 saturated heterocycles. The van der Waals surface area contributed by atoms with Crippen molar-refractivity contribution in [1.29, 1.82) is 0 Å². The van der Waals surface area contributed by atoms with E-state index in [1.807, 2.05) is 5.38 Å². The first kappa shape index (κ1) is 14.5. The maximum absolute atomic E-state index is 13.3. The average molecular weight is 326 g/mol. The van der Waals surface area contributed by atoms with E-state index in [4.69, 9.17) is 0 Å². The van der Waals surface area contributed by atoms with E-state index in [0.29, 0.717) is 22.2 Å². The number of rotatable bonds is 4. The maximum Gasteiger partial charge on any atom is 0.264 e. The number of nitrogens with one attached hydrogen (secondary N) is 1. The molecule has 3 rings (SSSR count). The minimum absolute atomic E-state index is 0.118. The van der Waals surface area contributed by atoms with Gasteiger partial charge in [-0.3, -0.25) is 4.72 Å². The predicted octanol–water partition coefficient (Wildman–Crippen LogP) is 3.58. The summed E-state index contributed by atoms with van der Waals surface area (Å²) in [6, 6.07) is 2.44. The summed E-state index contributed by atoms with van der Waals surface area (Å²) in [6.45, 7) is 3.17. The molecule has 21 heavy (non-hydrogen) atoms. The minimum atomic E-state index is -3.75. The van der Waals surface area contributed by atoms with E-state index in [2.05, 4.69) is 9.71 Å². The topological polar surface area (TPSA) is 59.1 Å². The maximum atomic E-state index is 13.3. The third-order valence-corrected chi connectivity index (χ3v) is 5.98. The summed E-state index contributed by atoms with van der Waals surface area (Å²) in [7, 11) is -3.75. The lowest BCUT2D eigenvalue weighted by molar-refractivity contribution is 0.597. The second-order valence-corrected chi connectivity index (χ2v) is 7.80. The van der Waals surface area contributed by atoms with Crippen LogP contribution in [0.25, 0.3) is 0 Å². The number of nitrogens with zero attached hydrogens (tertiary/aromatic N) is 1. The SMILES string of the molecule is Cc1cc(F)cc(C)c1S(=O)(=O)Nc1nc(C2CC2)cs1. The Bertz CT molecular complexity index is 772. The number of halogens is 1. The molecule has 0 aliphatic heterocycles. The first-order valence-electron chi connectivity index (χ1n) is 6.62. The van der Waals surface area contributed by atoms with Crippen LogP contribution in [0.3, 0.4) is 0 Å². The lowest BCUT2D eigenvalue weighted by atomic mass is 10.1. The molecule has 1 aliphatic rings. The Kier molecular flexibility index (Phi) is 3.49. The zero-order valence-corrected chi connectivity index (χ0v) is 13.3. The Morgan fingerprint density at radius 2 is 1.90 bits per heavy atom. The summed E-state index contributed by atoms with van der Waals surface area (Å²) in [4.78, 5) is 4.43. The molecule has 1 heterocycles. The number of aromatic nitrogens is 1. The quantitative estimate of drug-likeness (QED) is 0.934. The molecule has 4 nitrogen and oxygen atoms in total. The molecule has 1 aromatic heterocycles. The van der Waals surface area contributed by atoms with Crippen molar-refractivity contribution >= 4 is 26.5 Å². The Morgan fingerprint density at radius 3 is 2.48 bits per heavy atom. The molecule has 1 N–H and O–H groups in total. The standard InChI is InChI=1S/C14H15FN2O2S2/c1-8-5-11(15)6-9(2)13(8)21(18,19)17-14-16-12(7-20-14)10-3-4-10/h5-7,10H,3-4H2,1-2H3,(H,16,17). The van der Waals surface area contributed by atoms with Crippen LogP contribution in [0.15, 0.2) is 22.4 Å². The van der Waals surface area contributed by atoms with Gasteiger partial charge < -0.3 is 0 Å². The minimum Gasteiger partial charge on any atom is -0.255 e. The zero-order chi connectivity index (χ0) is 15.2. The normalized spacial score (nSPS) is 15.2. The second kappa shape index (κ2) is 5.06. The molecule has 0 unspecified atom stereocenters. The van der Waals surface area contributed by atoms with E-state index in [1.165, 1.54) is 23.5 Å². The number of hydrogen-bond donors (Lipinski definition) is 1. The fraction of sp³-hybridized carbons (Fsp3) is 0.357. The highest BCUT2D eigenvalue weighted by Crippen LogP contribution is 2.41. The van der Waals surface area contributed by atoms with E-state index < -0.39 is 15.8 Å². The molecule has 1 aromatic carbocycles.